The van der Waals surface area contributed by atoms with Crippen molar-refractivity contribution in [2.75, 3.05) is 0 Å². The molecule has 0 amide bonds. The van der Waals surface area contributed by atoms with E-state index in [2.05, 4.69) is 0 Å². The second kappa shape index (κ2) is 4.39. The van der Waals surface area contributed by atoms with E-state index in [0.717, 1.165) is 12.2 Å². The molecule has 5 N–H and O–H groups in total. The van der Waals surface area contributed by atoms with Crippen molar-refractivity contribution < 1.29 is 35.1 Å². The number of hydrogen-bond acceptors (Lipinski definition) is 7. The summed E-state index contributed by atoms with van der Waals surface area (Å²) >= 11 is 0. The molecule has 1 aromatic carbocycles. The maximum atomic E-state index is 11.8. The maximum absolute atomic E-state index is 11.8. The van der Waals surface area contributed by atoms with Crippen molar-refractivity contribution >= 4 is 11.6 Å². The summed E-state index contributed by atoms with van der Waals surface area (Å²) in [6, 6.07) is 0. The Morgan fingerprint density at radius 2 is 1.43 bits per heavy atom. The molecule has 7 heteroatoms. The van der Waals surface area contributed by atoms with Crippen molar-refractivity contribution in [2.24, 2.45) is 0 Å². The van der Waals surface area contributed by atoms with E-state index in [1.54, 1.807) is 0 Å². The molecule has 0 fully saturated rings. The van der Waals surface area contributed by atoms with Crippen LogP contribution in [0.2, 0.25) is 0 Å². The average Bonchev–Trinajstić information content (AvgIpc) is 2.44. The van der Waals surface area contributed by atoms with Crippen molar-refractivity contribution in [2.45, 2.75) is 24.7 Å². The molecular formula is C14H12O7. The lowest BCUT2D eigenvalue weighted by Gasteiger charge is -2.33. The molecule has 2 aliphatic carbocycles. The molecule has 110 valence electrons. The van der Waals surface area contributed by atoms with E-state index in [1.807, 2.05) is 0 Å². The molecule has 0 heterocycles. The van der Waals surface area contributed by atoms with Gasteiger partial charge in [0.15, 0.2) is 11.6 Å². The Kier molecular flexibility index (Phi) is 2.87. The molecule has 0 bridgehead atoms. The highest BCUT2D eigenvalue weighted by atomic mass is 16.4. The van der Waals surface area contributed by atoms with Crippen molar-refractivity contribution in [3.05, 3.63) is 34.4 Å². The summed E-state index contributed by atoms with van der Waals surface area (Å²) in [6.45, 7) is 0. The minimum Gasteiger partial charge on any atom is -0.507 e. The van der Waals surface area contributed by atoms with Crippen molar-refractivity contribution in [3.8, 4) is 11.5 Å². The Balaban J connectivity index is 2.37. The molecule has 0 radical (unpaired) electrons. The predicted molar refractivity (Wildman–Crippen MR) is 68.3 cm³/mol. The number of carbonyl (C=O) groups excluding carboxylic acids is 2. The van der Waals surface area contributed by atoms with Gasteiger partial charge in [0.25, 0.3) is 0 Å². The zero-order chi connectivity index (χ0) is 15.5. The third kappa shape index (κ3) is 1.72. The van der Waals surface area contributed by atoms with Crippen LogP contribution >= 0.6 is 0 Å². The van der Waals surface area contributed by atoms with Crippen LogP contribution in [0.4, 0.5) is 0 Å². The Labute approximate surface area is 118 Å². The number of rotatable bonds is 0. The minimum absolute atomic E-state index is 0.0481. The number of aliphatic hydroxyl groups excluding tert-OH is 3. The number of fused-ring (bicyclic) bond motifs is 2. The predicted octanol–water partition coefficient (Wildman–Crippen LogP) is -0.656. The number of aromatic hydroxyl groups is 2. The van der Waals surface area contributed by atoms with Crippen LogP contribution in [0.3, 0.4) is 0 Å². The first-order chi connectivity index (χ1) is 9.84. The third-order valence-electron chi connectivity index (χ3n) is 3.90. The van der Waals surface area contributed by atoms with Gasteiger partial charge in [0.2, 0.25) is 0 Å². The van der Waals surface area contributed by atoms with Gasteiger partial charge in [0.1, 0.15) is 23.7 Å². The van der Waals surface area contributed by atoms with Gasteiger partial charge in [0, 0.05) is 17.5 Å². The number of carbonyl (C=O) groups is 2. The number of aliphatic hydroxyl groups is 3. The fraction of sp³-hybridized carbons (Fsp3) is 0.286. The van der Waals surface area contributed by atoms with Crippen LogP contribution in [-0.4, -0.2) is 49.3 Å². The van der Waals surface area contributed by atoms with Crippen LogP contribution in [0.1, 0.15) is 37.9 Å². The highest BCUT2D eigenvalue weighted by Gasteiger charge is 2.41. The summed E-state index contributed by atoms with van der Waals surface area (Å²) in [5.41, 5.74) is -1.04. The summed E-state index contributed by atoms with van der Waals surface area (Å²) in [5.74, 6) is -2.56. The summed E-state index contributed by atoms with van der Waals surface area (Å²) in [5, 5.41) is 49.7. The Bertz CT molecular complexity index is 704. The van der Waals surface area contributed by atoms with Gasteiger partial charge in [-0.2, -0.15) is 0 Å². The number of benzene rings is 1. The van der Waals surface area contributed by atoms with Gasteiger partial charge < -0.3 is 25.5 Å². The second-order valence-electron chi connectivity index (χ2n) is 5.11. The van der Waals surface area contributed by atoms with E-state index in [-0.39, 0.29) is 23.1 Å². The van der Waals surface area contributed by atoms with Gasteiger partial charge >= 0.3 is 0 Å². The van der Waals surface area contributed by atoms with Gasteiger partial charge in [-0.3, -0.25) is 9.59 Å². The zero-order valence-electron chi connectivity index (χ0n) is 10.6. The number of phenols is 2. The topological polar surface area (TPSA) is 135 Å². The maximum Gasteiger partial charge on any atom is 0.190 e. The van der Waals surface area contributed by atoms with Crippen molar-refractivity contribution in [1.82, 2.24) is 0 Å². The van der Waals surface area contributed by atoms with E-state index in [9.17, 15) is 35.1 Å². The summed E-state index contributed by atoms with van der Waals surface area (Å²) < 4.78 is 0. The number of ketones is 2. The monoisotopic (exact) mass is 292 g/mol. The van der Waals surface area contributed by atoms with Crippen LogP contribution in [0.15, 0.2) is 12.2 Å². The lowest BCUT2D eigenvalue weighted by Crippen LogP contribution is -2.39. The first-order valence-electron chi connectivity index (χ1n) is 6.26. The highest BCUT2D eigenvalue weighted by Crippen LogP contribution is 2.46. The second-order valence-corrected chi connectivity index (χ2v) is 5.11. The Morgan fingerprint density at radius 3 is 2.00 bits per heavy atom. The van der Waals surface area contributed by atoms with Crippen molar-refractivity contribution in [1.29, 1.82) is 0 Å². The molecule has 0 unspecified atom stereocenters. The number of hydrogen-bond donors (Lipinski definition) is 5. The first kappa shape index (κ1) is 13.7. The Hall–Kier alpha value is -2.22. The highest BCUT2D eigenvalue weighted by molar-refractivity contribution is 6.24. The molecule has 1 aromatic rings. The Morgan fingerprint density at radius 1 is 0.905 bits per heavy atom. The van der Waals surface area contributed by atoms with Crippen LogP contribution in [-0.2, 0) is 6.42 Å². The normalized spacial score (nSPS) is 27.5. The molecular weight excluding hydrogens is 280 g/mol. The zero-order valence-corrected chi connectivity index (χ0v) is 10.6. The number of phenolic OH excluding ortho intramolecular Hbond substituents is 2. The molecule has 21 heavy (non-hydrogen) atoms. The van der Waals surface area contributed by atoms with E-state index < -0.39 is 46.9 Å². The van der Waals surface area contributed by atoms with Gasteiger partial charge in [-0.15, -0.1) is 0 Å². The van der Waals surface area contributed by atoms with Crippen LogP contribution in [0.5, 0.6) is 11.5 Å². The van der Waals surface area contributed by atoms with Gasteiger partial charge in [-0.1, -0.05) is 0 Å². The van der Waals surface area contributed by atoms with Gasteiger partial charge in [-0.25, -0.2) is 0 Å². The number of allylic oxidation sites excluding steroid dienone is 2. The molecule has 7 nitrogen and oxygen atoms in total. The first-order valence-corrected chi connectivity index (χ1v) is 6.26. The fourth-order valence-corrected chi connectivity index (χ4v) is 2.83. The molecule has 0 aromatic heterocycles. The SMILES string of the molecule is O=C1C=CC(=O)c2c(O)c3c(c(O)c21)C[C@H](O)[C@H](O)[C@@H]3O. The smallest absolute Gasteiger partial charge is 0.190 e. The van der Waals surface area contributed by atoms with E-state index in [4.69, 9.17) is 0 Å². The summed E-state index contributed by atoms with van der Waals surface area (Å²) in [7, 11) is 0. The van der Waals surface area contributed by atoms with E-state index in [1.165, 1.54) is 0 Å². The molecule has 0 spiro atoms. The quantitative estimate of drug-likeness (QED) is 0.401. The lowest BCUT2D eigenvalue weighted by molar-refractivity contribution is -0.0697. The van der Waals surface area contributed by atoms with Crippen LogP contribution in [0, 0.1) is 0 Å². The largest absolute Gasteiger partial charge is 0.507 e. The van der Waals surface area contributed by atoms with Gasteiger partial charge in [0.05, 0.1) is 17.2 Å². The third-order valence-corrected chi connectivity index (χ3v) is 3.90. The molecule has 2 aliphatic rings. The molecule has 3 atom stereocenters. The summed E-state index contributed by atoms with van der Waals surface area (Å²) in [6.07, 6.45) is -2.93. The summed E-state index contributed by atoms with van der Waals surface area (Å²) in [4.78, 5) is 23.7. The fourth-order valence-electron chi connectivity index (χ4n) is 2.83. The molecule has 3 rings (SSSR count). The van der Waals surface area contributed by atoms with Crippen molar-refractivity contribution in [3.63, 3.8) is 0 Å². The van der Waals surface area contributed by atoms with Crippen LogP contribution < -0.4 is 0 Å². The molecule has 0 aliphatic heterocycles. The standard InChI is InChI=1S/C14H12O7/c15-5-1-2-6(16)10-9(5)11(18)4-3-7(17)12(19)14(21)8(4)13(10)20/h1-2,7,12,14,17-21H,3H2/t7-,12-,14+/m0/s1. The molecule has 0 saturated carbocycles. The lowest BCUT2D eigenvalue weighted by atomic mass is 9.79. The average molecular weight is 292 g/mol. The van der Waals surface area contributed by atoms with Crippen LogP contribution in [0.25, 0.3) is 0 Å². The van der Waals surface area contributed by atoms with E-state index >= 15 is 0 Å². The minimum atomic E-state index is -1.67. The van der Waals surface area contributed by atoms with E-state index in [0.29, 0.717) is 0 Å². The van der Waals surface area contributed by atoms with Gasteiger partial charge in [-0.05, 0) is 12.2 Å². The molecule has 0 saturated heterocycles.